The molecule has 0 aliphatic carbocycles. The molecular weight excluding hydrogens is 673 g/mol. The number of amides is 2. The van der Waals surface area contributed by atoms with Crippen molar-refractivity contribution in [3.8, 4) is 28.3 Å². The monoisotopic (exact) mass is 722 g/mol. The van der Waals surface area contributed by atoms with Gasteiger partial charge in [-0.2, -0.15) is 5.10 Å². The molecule has 0 aliphatic rings. The SMILES string of the molecule is CCCCCCCOc1ccc(-c2cnc(-c3ccc(CC(NC(=O)c4ccc(C(C)(C)C)s4)C(=O)NC(CO)Cn4cccn4)cc3)nc2)cc1. The normalized spacial score (nSPS) is 12.6. The van der Waals surface area contributed by atoms with Crippen LogP contribution in [0.4, 0.5) is 0 Å². The first-order chi connectivity index (χ1) is 25.1. The van der Waals surface area contributed by atoms with Crippen molar-refractivity contribution in [1.82, 2.24) is 30.4 Å². The van der Waals surface area contributed by atoms with Gasteiger partial charge in [0, 0.05) is 47.2 Å². The van der Waals surface area contributed by atoms with E-state index in [2.05, 4.69) is 53.4 Å². The van der Waals surface area contributed by atoms with E-state index < -0.39 is 18.0 Å². The Morgan fingerprint density at radius 2 is 1.60 bits per heavy atom. The molecule has 11 heteroatoms. The van der Waals surface area contributed by atoms with Crippen LogP contribution in [0.3, 0.4) is 0 Å². The smallest absolute Gasteiger partial charge is 0.262 e. The van der Waals surface area contributed by atoms with Crippen LogP contribution >= 0.6 is 11.3 Å². The van der Waals surface area contributed by atoms with Gasteiger partial charge in [-0.1, -0.05) is 89.8 Å². The van der Waals surface area contributed by atoms with E-state index in [0.29, 0.717) is 17.2 Å². The molecule has 274 valence electrons. The molecule has 3 heterocycles. The number of hydrogen-bond acceptors (Lipinski definition) is 8. The molecule has 5 rings (SSSR count). The molecule has 3 aromatic heterocycles. The highest BCUT2D eigenvalue weighted by Crippen LogP contribution is 2.29. The van der Waals surface area contributed by atoms with Gasteiger partial charge in [0.15, 0.2) is 5.82 Å². The van der Waals surface area contributed by atoms with E-state index in [4.69, 9.17) is 4.74 Å². The van der Waals surface area contributed by atoms with Gasteiger partial charge < -0.3 is 20.5 Å². The molecule has 2 amide bonds. The minimum atomic E-state index is -0.886. The van der Waals surface area contributed by atoms with Gasteiger partial charge in [-0.15, -0.1) is 11.3 Å². The van der Waals surface area contributed by atoms with Crippen molar-refractivity contribution < 1.29 is 19.4 Å². The summed E-state index contributed by atoms with van der Waals surface area (Å²) in [7, 11) is 0. The summed E-state index contributed by atoms with van der Waals surface area (Å²) in [5.74, 6) is 0.730. The van der Waals surface area contributed by atoms with Crippen LogP contribution in [0.25, 0.3) is 22.5 Å². The van der Waals surface area contributed by atoms with Gasteiger partial charge in [-0.05, 0) is 53.3 Å². The molecule has 3 N–H and O–H groups in total. The third kappa shape index (κ3) is 11.1. The molecule has 2 aromatic carbocycles. The lowest BCUT2D eigenvalue weighted by molar-refractivity contribution is -0.124. The first kappa shape index (κ1) is 38.4. The fraction of sp³-hybridized carbons (Fsp3) is 0.390. The second-order valence-electron chi connectivity index (χ2n) is 14.0. The molecule has 2 unspecified atom stereocenters. The highest BCUT2D eigenvalue weighted by molar-refractivity contribution is 7.14. The number of benzene rings is 2. The van der Waals surface area contributed by atoms with Crippen molar-refractivity contribution in [1.29, 1.82) is 0 Å². The van der Waals surface area contributed by atoms with Crippen LogP contribution in [0.2, 0.25) is 0 Å². The zero-order chi connectivity index (χ0) is 36.9. The number of aromatic nitrogens is 4. The second-order valence-corrected chi connectivity index (χ2v) is 15.1. The standard InChI is InChI=1S/C41H50N6O4S/c1-5-6-7-8-9-23-51-34-17-15-30(16-18-34)32-25-42-38(43-26-32)31-13-11-29(12-14-31)24-35(39(49)45-33(28-48)27-47-22-10-21-44-47)46-40(50)36-19-20-37(52-36)41(2,3)4/h10-22,25-26,33,35,48H,5-9,23-24,27-28H2,1-4H3,(H,45,49)(H,46,50). The van der Waals surface area contributed by atoms with Crippen LogP contribution < -0.4 is 15.4 Å². The minimum absolute atomic E-state index is 0.0969. The number of nitrogens with zero attached hydrogens (tertiary/aromatic N) is 4. The molecule has 5 aromatic rings. The third-order valence-electron chi connectivity index (χ3n) is 8.73. The molecule has 0 bridgehead atoms. The first-order valence-electron chi connectivity index (χ1n) is 18.1. The first-order valence-corrected chi connectivity index (χ1v) is 18.9. The number of aliphatic hydroxyl groups excluding tert-OH is 1. The number of carbonyl (C=O) groups is 2. The lowest BCUT2D eigenvalue weighted by Gasteiger charge is -2.22. The Bertz CT molecular complexity index is 1830. The van der Waals surface area contributed by atoms with Gasteiger partial charge in [-0.25, -0.2) is 9.97 Å². The van der Waals surface area contributed by atoms with Crippen molar-refractivity contribution in [3.63, 3.8) is 0 Å². The molecule has 0 spiro atoms. The summed E-state index contributed by atoms with van der Waals surface area (Å²) in [6, 6.07) is 19.7. The molecular formula is C41H50N6O4S. The van der Waals surface area contributed by atoms with Crippen molar-refractivity contribution >= 4 is 23.2 Å². The average molecular weight is 723 g/mol. The zero-order valence-corrected chi connectivity index (χ0v) is 31.4. The molecule has 0 saturated heterocycles. The van der Waals surface area contributed by atoms with E-state index in [-0.39, 0.29) is 24.3 Å². The number of hydrogen-bond donors (Lipinski definition) is 3. The maximum absolute atomic E-state index is 13.6. The summed E-state index contributed by atoms with van der Waals surface area (Å²) in [6.45, 7) is 9.25. The highest BCUT2D eigenvalue weighted by atomic mass is 32.1. The van der Waals surface area contributed by atoms with E-state index in [0.717, 1.165) is 45.9 Å². The Hall–Kier alpha value is -4.87. The Kier molecular flexibility index (Phi) is 13.7. The van der Waals surface area contributed by atoms with Crippen molar-refractivity contribution in [3.05, 3.63) is 107 Å². The van der Waals surface area contributed by atoms with Gasteiger partial charge in [0.05, 0.1) is 30.7 Å². The number of unbranched alkanes of at least 4 members (excludes halogenated alkanes) is 4. The van der Waals surface area contributed by atoms with E-state index in [1.54, 1.807) is 29.2 Å². The van der Waals surface area contributed by atoms with Crippen LogP contribution in [0.5, 0.6) is 5.75 Å². The predicted octanol–water partition coefficient (Wildman–Crippen LogP) is 7.23. The molecule has 0 saturated carbocycles. The number of thiophene rings is 1. The molecule has 0 radical (unpaired) electrons. The van der Waals surface area contributed by atoms with Crippen molar-refractivity contribution in [2.75, 3.05) is 13.2 Å². The maximum Gasteiger partial charge on any atom is 0.262 e. The van der Waals surface area contributed by atoms with Crippen LogP contribution in [-0.2, 0) is 23.2 Å². The van der Waals surface area contributed by atoms with E-state index in [9.17, 15) is 14.7 Å². The summed E-state index contributed by atoms with van der Waals surface area (Å²) in [5, 5.41) is 20.0. The minimum Gasteiger partial charge on any atom is -0.494 e. The number of aliphatic hydroxyl groups is 1. The van der Waals surface area contributed by atoms with Gasteiger partial charge >= 0.3 is 0 Å². The number of carbonyl (C=O) groups excluding carboxylic acids is 2. The largest absolute Gasteiger partial charge is 0.494 e. The van der Waals surface area contributed by atoms with Gasteiger partial charge in [0.2, 0.25) is 5.91 Å². The van der Waals surface area contributed by atoms with E-state index in [1.165, 1.54) is 37.0 Å². The van der Waals surface area contributed by atoms with Gasteiger partial charge in [0.25, 0.3) is 5.91 Å². The summed E-state index contributed by atoms with van der Waals surface area (Å²) in [5.41, 5.74) is 3.49. The Morgan fingerprint density at radius 1 is 0.885 bits per heavy atom. The summed E-state index contributed by atoms with van der Waals surface area (Å²) in [4.78, 5) is 37.9. The summed E-state index contributed by atoms with van der Waals surface area (Å²) in [6.07, 6.45) is 13.3. The van der Waals surface area contributed by atoms with E-state index >= 15 is 0 Å². The van der Waals surface area contributed by atoms with Crippen LogP contribution in [0.1, 0.15) is 79.9 Å². The van der Waals surface area contributed by atoms with Crippen LogP contribution in [0.15, 0.2) is 91.5 Å². The van der Waals surface area contributed by atoms with Gasteiger partial charge in [0.1, 0.15) is 11.8 Å². The predicted molar refractivity (Wildman–Crippen MR) is 206 cm³/mol. The molecule has 0 fully saturated rings. The third-order valence-corrected chi connectivity index (χ3v) is 10.2. The maximum atomic E-state index is 13.6. The zero-order valence-electron chi connectivity index (χ0n) is 30.5. The Balaban J connectivity index is 1.23. The van der Waals surface area contributed by atoms with Crippen molar-refractivity contribution in [2.24, 2.45) is 0 Å². The Labute approximate surface area is 310 Å². The topological polar surface area (TPSA) is 131 Å². The number of rotatable bonds is 18. The lowest BCUT2D eigenvalue weighted by atomic mass is 9.95. The molecule has 0 aliphatic heterocycles. The fourth-order valence-electron chi connectivity index (χ4n) is 5.68. The average Bonchev–Trinajstić information content (AvgIpc) is 3.87. The summed E-state index contributed by atoms with van der Waals surface area (Å²) >= 11 is 1.42. The molecule has 2 atom stereocenters. The second kappa shape index (κ2) is 18.6. The van der Waals surface area contributed by atoms with E-state index in [1.807, 2.05) is 67.0 Å². The fourth-order valence-corrected chi connectivity index (χ4v) is 6.64. The lowest BCUT2D eigenvalue weighted by Crippen LogP contribution is -2.52. The summed E-state index contributed by atoms with van der Waals surface area (Å²) < 4.78 is 7.55. The molecule has 10 nitrogen and oxygen atoms in total. The van der Waals surface area contributed by atoms with Crippen LogP contribution in [0, 0.1) is 0 Å². The van der Waals surface area contributed by atoms with Gasteiger partial charge in [-0.3, -0.25) is 14.3 Å². The number of ether oxygens (including phenoxy) is 1. The highest BCUT2D eigenvalue weighted by Gasteiger charge is 2.26. The Morgan fingerprint density at radius 3 is 2.23 bits per heavy atom. The van der Waals surface area contributed by atoms with Crippen molar-refractivity contribution in [2.45, 2.75) is 90.3 Å². The van der Waals surface area contributed by atoms with Crippen LogP contribution in [-0.4, -0.2) is 62.0 Å². The molecule has 52 heavy (non-hydrogen) atoms. The number of nitrogens with one attached hydrogen (secondary N) is 2. The quantitative estimate of drug-likeness (QED) is 0.0814.